The molecule has 0 aliphatic carbocycles. The van der Waals surface area contributed by atoms with Crippen molar-refractivity contribution in [3.8, 4) is 5.75 Å². The summed E-state index contributed by atoms with van der Waals surface area (Å²) in [6, 6.07) is 24.4. The molecule has 0 fully saturated rings. The third kappa shape index (κ3) is 2.93. The molecule has 0 amide bonds. The maximum Gasteiger partial charge on any atom is 0.215 e. The molecule has 0 spiro atoms. The Kier molecular flexibility index (Phi) is 4.18. The molecule has 0 unspecified atom stereocenters. The number of ether oxygens (including phenoxy) is 1. The Balaban J connectivity index is 1.64. The van der Waals surface area contributed by atoms with E-state index in [9.17, 15) is 0 Å². The molecule has 0 aromatic heterocycles. The average Bonchev–Trinajstić information content (AvgIpc) is 3.15. The molecule has 0 saturated heterocycles. The molecule has 2 heterocycles. The van der Waals surface area contributed by atoms with Gasteiger partial charge in [0.05, 0.1) is 11.8 Å². The van der Waals surface area contributed by atoms with Crippen molar-refractivity contribution in [2.45, 2.75) is 18.7 Å². The molecule has 3 aromatic rings. The average molecular weight is 440 g/mol. The standard InChI is InChI=1S/C22H16BrClN2O/c23-15-10-11-21-17(12-15)20-13-19(14-6-2-1-3-7-14)25-26(20)22(27-21)16-8-4-5-9-18(16)24/h1-12,20,22H,13H2/t20-,22+/m0/s1. The van der Waals surface area contributed by atoms with Gasteiger partial charge in [0.2, 0.25) is 6.23 Å². The van der Waals surface area contributed by atoms with E-state index in [-0.39, 0.29) is 12.3 Å². The van der Waals surface area contributed by atoms with Crippen LogP contribution in [-0.2, 0) is 0 Å². The third-order valence-electron chi connectivity index (χ3n) is 5.03. The van der Waals surface area contributed by atoms with Gasteiger partial charge in [-0.1, -0.05) is 76.1 Å². The lowest BCUT2D eigenvalue weighted by molar-refractivity contribution is -0.0190. The lowest BCUT2D eigenvalue weighted by atomic mass is 9.96. The molecule has 0 radical (unpaired) electrons. The first-order valence-electron chi connectivity index (χ1n) is 8.82. The van der Waals surface area contributed by atoms with Gasteiger partial charge in [-0.15, -0.1) is 0 Å². The van der Waals surface area contributed by atoms with E-state index in [2.05, 4.69) is 39.1 Å². The molecule has 3 aromatic carbocycles. The maximum absolute atomic E-state index is 6.49. The summed E-state index contributed by atoms with van der Waals surface area (Å²) in [4.78, 5) is 0. The molecule has 0 bridgehead atoms. The summed E-state index contributed by atoms with van der Waals surface area (Å²) in [7, 11) is 0. The van der Waals surface area contributed by atoms with Crippen molar-refractivity contribution < 1.29 is 4.74 Å². The minimum Gasteiger partial charge on any atom is -0.464 e. The maximum atomic E-state index is 6.49. The van der Waals surface area contributed by atoms with Crippen molar-refractivity contribution in [3.63, 3.8) is 0 Å². The van der Waals surface area contributed by atoms with Gasteiger partial charge in [0, 0.05) is 27.0 Å². The van der Waals surface area contributed by atoms with Crippen molar-refractivity contribution >= 4 is 33.2 Å². The molecule has 5 heteroatoms. The second kappa shape index (κ2) is 6.70. The summed E-state index contributed by atoms with van der Waals surface area (Å²) >= 11 is 10.1. The second-order valence-electron chi connectivity index (χ2n) is 6.69. The van der Waals surface area contributed by atoms with E-state index in [1.54, 1.807) is 0 Å². The summed E-state index contributed by atoms with van der Waals surface area (Å²) in [5.74, 6) is 0.883. The Morgan fingerprint density at radius 1 is 0.963 bits per heavy atom. The van der Waals surface area contributed by atoms with Crippen LogP contribution in [0.5, 0.6) is 5.75 Å². The van der Waals surface area contributed by atoms with Gasteiger partial charge in [-0.25, -0.2) is 5.01 Å². The quantitative estimate of drug-likeness (QED) is 0.465. The molecule has 27 heavy (non-hydrogen) atoms. The zero-order valence-electron chi connectivity index (χ0n) is 14.3. The number of hydrogen-bond donors (Lipinski definition) is 0. The van der Waals surface area contributed by atoms with Crippen molar-refractivity contribution in [2.24, 2.45) is 5.10 Å². The highest BCUT2D eigenvalue weighted by Gasteiger charge is 2.41. The smallest absolute Gasteiger partial charge is 0.215 e. The minimum atomic E-state index is -0.349. The van der Waals surface area contributed by atoms with Gasteiger partial charge >= 0.3 is 0 Å². The van der Waals surface area contributed by atoms with E-state index in [4.69, 9.17) is 21.4 Å². The van der Waals surface area contributed by atoms with Crippen LogP contribution < -0.4 is 4.74 Å². The molecular weight excluding hydrogens is 424 g/mol. The van der Waals surface area contributed by atoms with E-state index in [1.165, 1.54) is 0 Å². The van der Waals surface area contributed by atoms with Crippen molar-refractivity contribution in [1.29, 1.82) is 0 Å². The largest absolute Gasteiger partial charge is 0.464 e. The summed E-state index contributed by atoms with van der Waals surface area (Å²) < 4.78 is 7.40. The molecule has 2 aliphatic rings. The molecule has 0 N–H and O–H groups in total. The van der Waals surface area contributed by atoms with E-state index < -0.39 is 0 Å². The normalized spacial score (nSPS) is 20.5. The van der Waals surface area contributed by atoms with Crippen LogP contribution in [0.2, 0.25) is 5.02 Å². The lowest BCUT2D eigenvalue weighted by Gasteiger charge is -2.38. The minimum absolute atomic E-state index is 0.114. The fraction of sp³-hybridized carbons (Fsp3) is 0.136. The Labute approximate surface area is 171 Å². The highest BCUT2D eigenvalue weighted by molar-refractivity contribution is 9.10. The number of halogens is 2. The van der Waals surface area contributed by atoms with Crippen molar-refractivity contribution in [1.82, 2.24) is 5.01 Å². The fourth-order valence-corrected chi connectivity index (χ4v) is 4.35. The second-order valence-corrected chi connectivity index (χ2v) is 8.01. The Hall–Kier alpha value is -2.30. The highest BCUT2D eigenvalue weighted by atomic mass is 79.9. The summed E-state index contributed by atoms with van der Waals surface area (Å²) in [6.45, 7) is 0. The van der Waals surface area contributed by atoms with Gasteiger partial charge in [0.1, 0.15) is 5.75 Å². The van der Waals surface area contributed by atoms with Gasteiger partial charge in [0.15, 0.2) is 0 Å². The summed E-state index contributed by atoms with van der Waals surface area (Å²) in [5, 5.41) is 7.70. The van der Waals surface area contributed by atoms with Gasteiger partial charge in [-0.2, -0.15) is 5.10 Å². The predicted molar refractivity (Wildman–Crippen MR) is 111 cm³/mol. The summed E-state index contributed by atoms with van der Waals surface area (Å²) in [6.07, 6.45) is 0.483. The zero-order valence-corrected chi connectivity index (χ0v) is 16.7. The first-order chi connectivity index (χ1) is 13.2. The Morgan fingerprint density at radius 3 is 2.56 bits per heavy atom. The van der Waals surface area contributed by atoms with Crippen molar-refractivity contribution in [2.75, 3.05) is 0 Å². The van der Waals surface area contributed by atoms with Crippen molar-refractivity contribution in [3.05, 3.63) is 99.0 Å². The first-order valence-corrected chi connectivity index (χ1v) is 9.99. The molecular formula is C22H16BrClN2O. The van der Waals surface area contributed by atoms with Gasteiger partial charge in [-0.05, 0) is 29.8 Å². The predicted octanol–water partition coefficient (Wildman–Crippen LogP) is 6.34. The topological polar surface area (TPSA) is 24.8 Å². The molecule has 2 atom stereocenters. The highest BCUT2D eigenvalue weighted by Crippen LogP contribution is 2.49. The van der Waals surface area contributed by atoms with Crippen LogP contribution in [0.15, 0.2) is 82.4 Å². The lowest BCUT2D eigenvalue weighted by Crippen LogP contribution is -2.33. The monoisotopic (exact) mass is 438 g/mol. The molecule has 3 nitrogen and oxygen atoms in total. The van der Waals surface area contributed by atoms with E-state index in [0.717, 1.165) is 39.0 Å². The van der Waals surface area contributed by atoms with Crippen LogP contribution in [0.1, 0.15) is 35.4 Å². The SMILES string of the molecule is Clc1ccccc1[C@H]1Oc2ccc(Br)cc2[C@@H]2CC(c3ccccc3)=NN12. The number of hydrazone groups is 1. The van der Waals surface area contributed by atoms with Gasteiger partial charge < -0.3 is 4.74 Å². The number of hydrogen-bond acceptors (Lipinski definition) is 3. The summed E-state index contributed by atoms with van der Waals surface area (Å²) in [5.41, 5.74) is 4.27. The fourth-order valence-electron chi connectivity index (χ4n) is 3.74. The molecule has 2 aliphatic heterocycles. The molecule has 0 saturated carbocycles. The van der Waals surface area contributed by atoms with Crippen LogP contribution in [0.3, 0.4) is 0 Å². The zero-order chi connectivity index (χ0) is 18.4. The van der Waals surface area contributed by atoms with Gasteiger partial charge in [0.25, 0.3) is 0 Å². The molecule has 134 valence electrons. The Morgan fingerprint density at radius 2 is 1.74 bits per heavy atom. The number of rotatable bonds is 2. The Bertz CT molecular complexity index is 1040. The number of fused-ring (bicyclic) bond motifs is 3. The van der Waals surface area contributed by atoms with Crippen LogP contribution in [0.25, 0.3) is 0 Å². The van der Waals surface area contributed by atoms with Gasteiger partial charge in [-0.3, -0.25) is 0 Å². The third-order valence-corrected chi connectivity index (χ3v) is 5.87. The molecule has 5 rings (SSSR count). The van der Waals surface area contributed by atoms with Crippen LogP contribution in [0, 0.1) is 0 Å². The first kappa shape index (κ1) is 16.8. The number of benzene rings is 3. The van der Waals surface area contributed by atoms with Crippen LogP contribution in [-0.4, -0.2) is 10.7 Å². The van der Waals surface area contributed by atoms with Crippen LogP contribution >= 0.6 is 27.5 Å². The number of nitrogens with zero attached hydrogens (tertiary/aromatic N) is 2. The van der Waals surface area contributed by atoms with Crippen LogP contribution in [0.4, 0.5) is 0 Å². The van der Waals surface area contributed by atoms with E-state index in [1.807, 2.05) is 54.6 Å². The van der Waals surface area contributed by atoms with E-state index in [0.29, 0.717) is 5.02 Å². The van der Waals surface area contributed by atoms with E-state index >= 15 is 0 Å².